The lowest BCUT2D eigenvalue weighted by Crippen LogP contribution is -2.49. The molecule has 1 saturated heterocycles. The molecule has 2 bridgehead atoms. The van der Waals surface area contributed by atoms with E-state index in [0.717, 1.165) is 50.1 Å². The Morgan fingerprint density at radius 1 is 1.10 bits per heavy atom. The number of halogens is 2. The highest BCUT2D eigenvalue weighted by Gasteiger charge is 2.44. The molecule has 2 N–H and O–H groups in total. The lowest BCUT2D eigenvalue weighted by molar-refractivity contribution is -0.139. The van der Waals surface area contributed by atoms with E-state index in [9.17, 15) is 4.79 Å². The summed E-state index contributed by atoms with van der Waals surface area (Å²) in [4.78, 5) is 20.7. The number of amides is 1. The molecule has 5 nitrogen and oxygen atoms in total. The first-order valence-electron chi connectivity index (χ1n) is 11.2. The molecule has 3 atom stereocenters. The van der Waals surface area contributed by atoms with Crippen molar-refractivity contribution in [1.82, 2.24) is 14.5 Å². The molecule has 166 valence electrons. The zero-order chi connectivity index (χ0) is 19.3. The SMILES string of the molecule is CCn1c(C2CCCN2C(=O)C2CC3CCCC(C2)C3N)nc2ccccc21.Cl.Cl. The number of rotatable bonds is 3. The number of nitrogens with zero attached hydrogens (tertiary/aromatic N) is 3. The molecule has 2 heterocycles. The van der Waals surface area contributed by atoms with Crippen LogP contribution < -0.4 is 5.73 Å². The molecule has 3 unspecified atom stereocenters. The summed E-state index contributed by atoms with van der Waals surface area (Å²) in [6.07, 6.45) is 7.77. The Morgan fingerprint density at radius 3 is 2.50 bits per heavy atom. The summed E-state index contributed by atoms with van der Waals surface area (Å²) in [5, 5.41) is 0. The van der Waals surface area contributed by atoms with Crippen LogP contribution in [0.4, 0.5) is 0 Å². The molecule has 30 heavy (non-hydrogen) atoms. The average molecular weight is 453 g/mol. The Bertz CT molecular complexity index is 871. The van der Waals surface area contributed by atoms with Crippen molar-refractivity contribution in [3.63, 3.8) is 0 Å². The fourth-order valence-corrected chi connectivity index (χ4v) is 6.21. The minimum atomic E-state index is 0. The van der Waals surface area contributed by atoms with Gasteiger partial charge in [0.25, 0.3) is 0 Å². The highest BCUT2D eigenvalue weighted by Crippen LogP contribution is 2.44. The van der Waals surface area contributed by atoms with E-state index in [4.69, 9.17) is 10.7 Å². The van der Waals surface area contributed by atoms with Crippen molar-refractivity contribution in [1.29, 1.82) is 0 Å². The molecule has 2 aliphatic carbocycles. The van der Waals surface area contributed by atoms with Gasteiger partial charge in [0.1, 0.15) is 5.82 Å². The number of fused-ring (bicyclic) bond motifs is 3. The molecule has 2 aromatic rings. The van der Waals surface area contributed by atoms with Crippen LogP contribution in [-0.4, -0.2) is 32.9 Å². The average Bonchev–Trinajstić information content (AvgIpc) is 3.31. The summed E-state index contributed by atoms with van der Waals surface area (Å²) < 4.78 is 2.30. The van der Waals surface area contributed by atoms with Crippen molar-refractivity contribution in [2.75, 3.05) is 6.54 Å². The smallest absolute Gasteiger partial charge is 0.226 e. The number of nitrogens with two attached hydrogens (primary N) is 1. The Kier molecular flexibility index (Phi) is 7.36. The van der Waals surface area contributed by atoms with E-state index in [1.807, 2.05) is 6.07 Å². The number of carbonyl (C=O) groups is 1. The highest BCUT2D eigenvalue weighted by molar-refractivity contribution is 5.85. The summed E-state index contributed by atoms with van der Waals surface area (Å²) >= 11 is 0. The maximum atomic E-state index is 13.6. The normalized spacial score (nSPS) is 30.6. The third-order valence-electron chi connectivity index (χ3n) is 7.60. The number of hydrogen-bond donors (Lipinski definition) is 1. The van der Waals surface area contributed by atoms with Crippen LogP contribution in [0.3, 0.4) is 0 Å². The third-order valence-corrected chi connectivity index (χ3v) is 7.60. The van der Waals surface area contributed by atoms with Crippen LogP contribution in [0.15, 0.2) is 24.3 Å². The van der Waals surface area contributed by atoms with E-state index < -0.39 is 0 Å². The van der Waals surface area contributed by atoms with Gasteiger partial charge in [-0.1, -0.05) is 18.6 Å². The zero-order valence-corrected chi connectivity index (χ0v) is 19.3. The van der Waals surface area contributed by atoms with Crippen LogP contribution >= 0.6 is 24.8 Å². The topological polar surface area (TPSA) is 64.2 Å². The van der Waals surface area contributed by atoms with Crippen molar-refractivity contribution in [3.8, 4) is 0 Å². The lowest BCUT2D eigenvalue weighted by atomic mass is 9.65. The van der Waals surface area contributed by atoms with Crippen molar-refractivity contribution >= 4 is 41.8 Å². The van der Waals surface area contributed by atoms with Gasteiger partial charge in [0.2, 0.25) is 5.91 Å². The first-order chi connectivity index (χ1) is 13.7. The Morgan fingerprint density at radius 2 is 1.80 bits per heavy atom. The van der Waals surface area contributed by atoms with E-state index >= 15 is 0 Å². The first-order valence-corrected chi connectivity index (χ1v) is 11.2. The summed E-state index contributed by atoms with van der Waals surface area (Å²) in [6.45, 7) is 3.92. The molecule has 2 saturated carbocycles. The highest BCUT2D eigenvalue weighted by atomic mass is 35.5. The van der Waals surface area contributed by atoms with Gasteiger partial charge in [-0.15, -0.1) is 24.8 Å². The number of hydrogen-bond acceptors (Lipinski definition) is 3. The van der Waals surface area contributed by atoms with E-state index in [2.05, 4.69) is 34.6 Å². The predicted molar refractivity (Wildman–Crippen MR) is 125 cm³/mol. The van der Waals surface area contributed by atoms with Gasteiger partial charge in [0.05, 0.1) is 17.1 Å². The largest absolute Gasteiger partial charge is 0.332 e. The molecule has 5 rings (SSSR count). The number of para-hydroxylation sites is 2. The molecule has 1 aliphatic heterocycles. The molecule has 3 aliphatic rings. The standard InChI is InChI=1S/C23H32N4O.2ClH/c1-2-26-19-10-4-3-9-18(19)25-22(26)20-11-6-12-27(20)23(28)17-13-15-7-5-8-16(14-17)21(15)24;;/h3-4,9-10,15-17,20-21H,2,5-8,11-14,24H2,1H3;2*1H. The second-order valence-electron chi connectivity index (χ2n) is 9.09. The maximum absolute atomic E-state index is 13.6. The Labute approximate surface area is 191 Å². The first kappa shape index (κ1) is 23.4. The Balaban J connectivity index is 0.00000128. The summed E-state index contributed by atoms with van der Waals surface area (Å²) in [6, 6.07) is 8.77. The van der Waals surface area contributed by atoms with Gasteiger partial charge in [-0.05, 0) is 69.4 Å². The van der Waals surface area contributed by atoms with E-state index in [-0.39, 0.29) is 36.8 Å². The third kappa shape index (κ3) is 3.85. The lowest BCUT2D eigenvalue weighted by Gasteiger charge is -2.44. The molecule has 1 aromatic heterocycles. The Hall–Kier alpha value is -1.30. The van der Waals surface area contributed by atoms with Gasteiger partial charge in [0, 0.05) is 25.0 Å². The predicted octanol–water partition coefficient (Wildman–Crippen LogP) is 4.72. The molecule has 3 fully saturated rings. The van der Waals surface area contributed by atoms with Crippen molar-refractivity contribution < 1.29 is 4.79 Å². The van der Waals surface area contributed by atoms with Gasteiger partial charge in [-0.2, -0.15) is 0 Å². The van der Waals surface area contributed by atoms with Crippen LogP contribution in [0.1, 0.15) is 63.7 Å². The van der Waals surface area contributed by atoms with Crippen molar-refractivity contribution in [2.45, 2.75) is 70.5 Å². The van der Waals surface area contributed by atoms with Gasteiger partial charge < -0.3 is 15.2 Å². The van der Waals surface area contributed by atoms with Crippen LogP contribution in [0.25, 0.3) is 11.0 Å². The molecule has 1 amide bonds. The van der Waals surface area contributed by atoms with Crippen LogP contribution in [-0.2, 0) is 11.3 Å². The van der Waals surface area contributed by atoms with E-state index in [1.54, 1.807) is 0 Å². The fraction of sp³-hybridized carbons (Fsp3) is 0.652. The quantitative estimate of drug-likeness (QED) is 0.732. The molecular weight excluding hydrogens is 419 g/mol. The second kappa shape index (κ2) is 9.46. The number of aromatic nitrogens is 2. The maximum Gasteiger partial charge on any atom is 0.226 e. The second-order valence-corrected chi connectivity index (χ2v) is 9.09. The molecule has 7 heteroatoms. The van der Waals surface area contributed by atoms with E-state index in [1.165, 1.54) is 24.8 Å². The van der Waals surface area contributed by atoms with Crippen LogP contribution in [0, 0.1) is 17.8 Å². The van der Waals surface area contributed by atoms with Crippen LogP contribution in [0.5, 0.6) is 0 Å². The number of carbonyl (C=O) groups excluding carboxylic acids is 1. The monoisotopic (exact) mass is 452 g/mol. The van der Waals surface area contributed by atoms with Crippen LogP contribution in [0.2, 0.25) is 0 Å². The van der Waals surface area contributed by atoms with Crippen molar-refractivity contribution in [2.24, 2.45) is 23.5 Å². The summed E-state index contributed by atoms with van der Waals surface area (Å²) in [5.74, 6) is 2.68. The van der Waals surface area contributed by atoms with E-state index in [0.29, 0.717) is 23.8 Å². The molecule has 0 radical (unpaired) electrons. The summed E-state index contributed by atoms with van der Waals surface area (Å²) in [7, 11) is 0. The molecular formula is C23H34Cl2N4O. The number of imidazole rings is 1. The molecule has 0 spiro atoms. The van der Waals surface area contributed by atoms with Gasteiger partial charge in [-0.3, -0.25) is 4.79 Å². The van der Waals surface area contributed by atoms with Gasteiger partial charge in [-0.25, -0.2) is 4.98 Å². The van der Waals surface area contributed by atoms with Crippen molar-refractivity contribution in [3.05, 3.63) is 30.1 Å². The van der Waals surface area contributed by atoms with Gasteiger partial charge in [0.15, 0.2) is 0 Å². The fourth-order valence-electron chi connectivity index (χ4n) is 6.21. The summed E-state index contributed by atoms with van der Waals surface area (Å²) in [5.41, 5.74) is 8.68. The minimum absolute atomic E-state index is 0. The molecule has 1 aromatic carbocycles. The number of aryl methyl sites for hydroxylation is 1. The minimum Gasteiger partial charge on any atom is -0.332 e. The zero-order valence-electron chi connectivity index (χ0n) is 17.7. The number of likely N-dealkylation sites (tertiary alicyclic amines) is 1. The van der Waals surface area contributed by atoms with Gasteiger partial charge >= 0.3 is 0 Å². The number of benzene rings is 1.